The molecule has 0 bridgehead atoms. The predicted octanol–water partition coefficient (Wildman–Crippen LogP) is 1.86. The summed E-state index contributed by atoms with van der Waals surface area (Å²) < 4.78 is 7.52. The average Bonchev–Trinajstić information content (AvgIpc) is 3.15. The Morgan fingerprint density at radius 1 is 1.23 bits per heavy atom. The van der Waals surface area contributed by atoms with Crippen LogP contribution in [0.3, 0.4) is 0 Å². The molecule has 5 heteroatoms. The first kappa shape index (κ1) is 15.1. The summed E-state index contributed by atoms with van der Waals surface area (Å²) in [5.74, 6) is 1.13. The van der Waals surface area contributed by atoms with E-state index >= 15 is 0 Å². The van der Waals surface area contributed by atoms with Crippen LogP contribution in [0.15, 0.2) is 16.9 Å². The van der Waals surface area contributed by atoms with Crippen molar-refractivity contribution in [2.75, 3.05) is 13.1 Å². The fourth-order valence-electron chi connectivity index (χ4n) is 3.45. The quantitative estimate of drug-likeness (QED) is 0.856. The molecule has 3 rings (SSSR count). The van der Waals surface area contributed by atoms with E-state index in [0.717, 1.165) is 31.5 Å². The maximum absolute atomic E-state index is 12.4. The molecule has 2 heterocycles. The Kier molecular flexibility index (Phi) is 4.23. The van der Waals surface area contributed by atoms with Crippen molar-refractivity contribution in [1.29, 1.82) is 0 Å². The number of pyridine rings is 1. The first-order valence-electron chi connectivity index (χ1n) is 8.17. The van der Waals surface area contributed by atoms with Crippen molar-refractivity contribution in [2.45, 2.75) is 45.1 Å². The Bertz CT molecular complexity index is 617. The van der Waals surface area contributed by atoms with Crippen LogP contribution in [0.25, 0.3) is 0 Å². The second kappa shape index (κ2) is 6.15. The minimum Gasteiger partial charge on any atom is -0.488 e. The van der Waals surface area contributed by atoms with Gasteiger partial charge in [-0.15, -0.1) is 0 Å². The van der Waals surface area contributed by atoms with E-state index in [9.17, 15) is 9.59 Å². The molecule has 0 aromatic carbocycles. The number of amides is 1. The number of nitrogens with zero attached hydrogens (tertiary/aromatic N) is 2. The predicted molar refractivity (Wildman–Crippen MR) is 84.0 cm³/mol. The topological polar surface area (TPSA) is 51.5 Å². The molecule has 1 atom stereocenters. The number of likely N-dealkylation sites (tertiary alicyclic amines) is 1. The van der Waals surface area contributed by atoms with Crippen molar-refractivity contribution in [2.24, 2.45) is 13.0 Å². The first-order chi connectivity index (χ1) is 10.5. The number of ether oxygens (including phenoxy) is 1. The highest BCUT2D eigenvalue weighted by molar-refractivity contribution is 5.79. The molecule has 1 saturated heterocycles. The van der Waals surface area contributed by atoms with Crippen molar-refractivity contribution in [1.82, 2.24) is 9.47 Å². The number of hydrogen-bond acceptors (Lipinski definition) is 3. The van der Waals surface area contributed by atoms with Gasteiger partial charge in [-0.3, -0.25) is 9.59 Å². The lowest BCUT2D eigenvalue weighted by Gasteiger charge is -2.20. The molecule has 120 valence electrons. The zero-order valence-corrected chi connectivity index (χ0v) is 13.4. The van der Waals surface area contributed by atoms with Crippen LogP contribution >= 0.6 is 0 Å². The molecule has 0 spiro atoms. The Hall–Kier alpha value is -1.78. The van der Waals surface area contributed by atoms with E-state index in [1.54, 1.807) is 11.6 Å². The lowest BCUT2D eigenvalue weighted by atomic mass is 10.1. The number of carbonyl (C=O) groups excluding carboxylic acids is 1. The maximum atomic E-state index is 12.4. The zero-order valence-electron chi connectivity index (χ0n) is 13.4. The van der Waals surface area contributed by atoms with Gasteiger partial charge in [0.15, 0.2) is 0 Å². The Balaban J connectivity index is 1.61. The lowest BCUT2D eigenvalue weighted by Crippen LogP contribution is -2.35. The smallest absolute Gasteiger partial charge is 0.254 e. The second-order valence-electron chi connectivity index (χ2n) is 6.52. The summed E-state index contributed by atoms with van der Waals surface area (Å²) in [7, 11) is 1.75. The zero-order chi connectivity index (χ0) is 15.7. The molecule has 5 nitrogen and oxygen atoms in total. The minimum absolute atomic E-state index is 0.00291. The van der Waals surface area contributed by atoms with Crippen LogP contribution < -0.4 is 10.3 Å². The van der Waals surface area contributed by atoms with E-state index in [1.807, 2.05) is 17.9 Å². The molecular formula is C17H24N2O3. The molecule has 1 aromatic heterocycles. The van der Waals surface area contributed by atoms with Crippen molar-refractivity contribution in [3.63, 3.8) is 0 Å². The number of hydrogen-bond donors (Lipinski definition) is 0. The maximum Gasteiger partial charge on any atom is 0.254 e. The summed E-state index contributed by atoms with van der Waals surface area (Å²) in [6, 6.07) is 3.40. The van der Waals surface area contributed by atoms with E-state index in [2.05, 4.69) is 0 Å². The first-order valence-corrected chi connectivity index (χ1v) is 8.17. The Morgan fingerprint density at radius 2 is 1.95 bits per heavy atom. The van der Waals surface area contributed by atoms with Gasteiger partial charge in [-0.05, 0) is 25.8 Å². The molecule has 1 aliphatic heterocycles. The molecule has 22 heavy (non-hydrogen) atoms. The average molecular weight is 304 g/mol. The van der Waals surface area contributed by atoms with Crippen molar-refractivity contribution in [3.05, 3.63) is 28.2 Å². The van der Waals surface area contributed by atoms with Crippen LogP contribution in [0.5, 0.6) is 5.75 Å². The van der Waals surface area contributed by atoms with E-state index < -0.39 is 0 Å². The molecule has 1 unspecified atom stereocenters. The van der Waals surface area contributed by atoms with Crippen LogP contribution in [-0.2, 0) is 11.8 Å². The van der Waals surface area contributed by atoms with E-state index in [0.29, 0.717) is 18.2 Å². The van der Waals surface area contributed by atoms with Crippen LogP contribution in [0, 0.1) is 12.8 Å². The molecule has 2 fully saturated rings. The molecule has 1 saturated carbocycles. The summed E-state index contributed by atoms with van der Waals surface area (Å²) in [5.41, 5.74) is 0.811. The molecule has 2 aliphatic rings. The third kappa shape index (κ3) is 3.03. The Morgan fingerprint density at radius 3 is 2.64 bits per heavy atom. The highest BCUT2D eigenvalue weighted by atomic mass is 16.5. The fourth-order valence-corrected chi connectivity index (χ4v) is 3.45. The summed E-state index contributed by atoms with van der Waals surface area (Å²) in [6.45, 7) is 3.30. The van der Waals surface area contributed by atoms with Gasteiger partial charge in [0, 0.05) is 37.7 Å². The van der Waals surface area contributed by atoms with Gasteiger partial charge >= 0.3 is 0 Å². The number of rotatable bonds is 3. The monoisotopic (exact) mass is 304 g/mol. The fraction of sp³-hybridized carbons (Fsp3) is 0.647. The molecule has 1 amide bonds. The van der Waals surface area contributed by atoms with Gasteiger partial charge in [-0.1, -0.05) is 12.8 Å². The van der Waals surface area contributed by atoms with Gasteiger partial charge in [-0.2, -0.15) is 0 Å². The lowest BCUT2D eigenvalue weighted by molar-refractivity contribution is -0.134. The highest BCUT2D eigenvalue weighted by Crippen LogP contribution is 2.28. The van der Waals surface area contributed by atoms with Crippen molar-refractivity contribution < 1.29 is 9.53 Å². The van der Waals surface area contributed by atoms with Crippen LogP contribution in [0.1, 0.15) is 37.8 Å². The van der Waals surface area contributed by atoms with Gasteiger partial charge in [0.05, 0.1) is 6.54 Å². The van der Waals surface area contributed by atoms with E-state index in [1.165, 1.54) is 18.9 Å². The number of aromatic nitrogens is 1. The van der Waals surface area contributed by atoms with Crippen LogP contribution in [0.2, 0.25) is 0 Å². The summed E-state index contributed by atoms with van der Waals surface area (Å²) in [6.07, 6.45) is 5.26. The summed E-state index contributed by atoms with van der Waals surface area (Å²) in [4.78, 5) is 26.2. The standard InChI is InChI=1S/C17H24N2O3/c1-12-9-15(10-16(20)18(12)2)22-14-7-8-19(11-14)17(21)13-5-3-4-6-13/h9-10,13-14H,3-8,11H2,1-2H3. The van der Waals surface area contributed by atoms with Crippen LogP contribution in [0.4, 0.5) is 0 Å². The normalized spacial score (nSPS) is 22.3. The highest BCUT2D eigenvalue weighted by Gasteiger charge is 2.33. The second-order valence-corrected chi connectivity index (χ2v) is 6.52. The largest absolute Gasteiger partial charge is 0.488 e. The van der Waals surface area contributed by atoms with Gasteiger partial charge in [0.1, 0.15) is 11.9 Å². The SMILES string of the molecule is Cc1cc(OC2CCN(C(=O)C3CCCC3)C2)cc(=O)n1C. The molecule has 0 N–H and O–H groups in total. The minimum atomic E-state index is -0.0631. The van der Waals surface area contributed by atoms with E-state index in [-0.39, 0.29) is 17.6 Å². The van der Waals surface area contributed by atoms with E-state index in [4.69, 9.17) is 4.74 Å². The molecule has 0 radical (unpaired) electrons. The third-order valence-electron chi connectivity index (χ3n) is 4.94. The summed E-state index contributed by atoms with van der Waals surface area (Å²) in [5, 5.41) is 0. The molecule has 1 aromatic rings. The summed E-state index contributed by atoms with van der Waals surface area (Å²) >= 11 is 0. The van der Waals surface area contributed by atoms with Gasteiger partial charge < -0.3 is 14.2 Å². The van der Waals surface area contributed by atoms with Crippen molar-refractivity contribution >= 4 is 5.91 Å². The molecular weight excluding hydrogens is 280 g/mol. The van der Waals surface area contributed by atoms with Gasteiger partial charge in [-0.25, -0.2) is 0 Å². The van der Waals surface area contributed by atoms with Gasteiger partial charge in [0.2, 0.25) is 5.91 Å². The Labute approximate surface area is 130 Å². The third-order valence-corrected chi connectivity index (χ3v) is 4.94. The van der Waals surface area contributed by atoms with Crippen LogP contribution in [-0.4, -0.2) is 34.6 Å². The number of carbonyl (C=O) groups is 1. The van der Waals surface area contributed by atoms with Crippen molar-refractivity contribution in [3.8, 4) is 5.75 Å². The molecule has 1 aliphatic carbocycles. The number of aryl methyl sites for hydroxylation is 1. The van der Waals surface area contributed by atoms with Gasteiger partial charge in [0.25, 0.3) is 5.56 Å².